The summed E-state index contributed by atoms with van der Waals surface area (Å²) in [6.45, 7) is 4.69. The fourth-order valence-corrected chi connectivity index (χ4v) is 3.02. The highest BCUT2D eigenvalue weighted by Gasteiger charge is 2.16. The Morgan fingerprint density at radius 1 is 1.30 bits per heavy atom. The third-order valence-corrected chi connectivity index (χ3v) is 4.35. The molecule has 0 spiro atoms. The van der Waals surface area contributed by atoms with Gasteiger partial charge in [-0.1, -0.05) is 29.4 Å². The van der Waals surface area contributed by atoms with Gasteiger partial charge in [-0.05, 0) is 51.8 Å². The van der Waals surface area contributed by atoms with E-state index in [1.165, 1.54) is 12.8 Å². The maximum absolute atomic E-state index is 5.66. The molecule has 5 heteroatoms. The van der Waals surface area contributed by atoms with Crippen LogP contribution in [0.4, 0.5) is 0 Å². The van der Waals surface area contributed by atoms with Gasteiger partial charge in [0, 0.05) is 12.2 Å². The summed E-state index contributed by atoms with van der Waals surface area (Å²) < 4.78 is 11.1. The zero-order valence-corrected chi connectivity index (χ0v) is 14.0. The molecule has 124 valence electrons. The lowest BCUT2D eigenvalue weighted by atomic mass is 10.1. The van der Waals surface area contributed by atoms with Gasteiger partial charge in [-0.3, -0.25) is 4.90 Å². The molecule has 0 amide bonds. The normalized spacial score (nSPS) is 18.0. The molecule has 1 aliphatic heterocycles. The van der Waals surface area contributed by atoms with Crippen LogP contribution >= 0.6 is 0 Å². The van der Waals surface area contributed by atoms with E-state index in [0.29, 0.717) is 24.4 Å². The first-order valence-corrected chi connectivity index (χ1v) is 8.41. The van der Waals surface area contributed by atoms with E-state index in [0.717, 1.165) is 37.1 Å². The summed E-state index contributed by atoms with van der Waals surface area (Å²) in [5, 5.41) is 4.11. The quantitative estimate of drug-likeness (QED) is 0.783. The number of ether oxygens (including phenoxy) is 1. The van der Waals surface area contributed by atoms with Crippen LogP contribution in [-0.4, -0.2) is 41.3 Å². The molecule has 0 bridgehead atoms. The fraction of sp³-hybridized carbons (Fsp3) is 0.556. The van der Waals surface area contributed by atoms with E-state index in [-0.39, 0.29) is 0 Å². The molecule has 1 saturated heterocycles. The second-order valence-electron chi connectivity index (χ2n) is 6.34. The Morgan fingerprint density at radius 2 is 2.17 bits per heavy atom. The number of benzene rings is 1. The van der Waals surface area contributed by atoms with E-state index < -0.39 is 0 Å². The van der Waals surface area contributed by atoms with Crippen molar-refractivity contribution < 1.29 is 9.26 Å². The molecule has 2 aromatic rings. The molecule has 1 atom stereocenters. The van der Waals surface area contributed by atoms with Crippen molar-refractivity contribution >= 4 is 0 Å². The van der Waals surface area contributed by atoms with Gasteiger partial charge < -0.3 is 9.26 Å². The van der Waals surface area contributed by atoms with Crippen molar-refractivity contribution in [2.45, 2.75) is 45.3 Å². The molecular weight excluding hydrogens is 290 g/mol. The van der Waals surface area contributed by atoms with Gasteiger partial charge in [0.1, 0.15) is 0 Å². The molecule has 0 radical (unpaired) electrons. The number of nitrogens with zero attached hydrogens (tertiary/aromatic N) is 3. The topological polar surface area (TPSA) is 51.4 Å². The molecule has 0 N–H and O–H groups in total. The third-order valence-electron chi connectivity index (χ3n) is 4.35. The molecule has 1 aromatic carbocycles. The van der Waals surface area contributed by atoms with Crippen molar-refractivity contribution in [2.24, 2.45) is 0 Å². The number of hydrogen-bond donors (Lipinski definition) is 0. The smallest absolute Gasteiger partial charge is 0.241 e. The Balaban J connectivity index is 1.49. The third kappa shape index (κ3) is 4.39. The van der Waals surface area contributed by atoms with Crippen molar-refractivity contribution in [3.8, 4) is 11.4 Å². The van der Waals surface area contributed by atoms with E-state index in [4.69, 9.17) is 9.26 Å². The molecule has 1 fully saturated rings. The van der Waals surface area contributed by atoms with Crippen LogP contribution in [0.15, 0.2) is 28.8 Å². The Kier molecular flexibility index (Phi) is 5.41. The summed E-state index contributed by atoms with van der Waals surface area (Å²) in [5.41, 5.74) is 2.19. The van der Waals surface area contributed by atoms with Gasteiger partial charge >= 0.3 is 0 Å². The number of hydrogen-bond acceptors (Lipinski definition) is 5. The van der Waals surface area contributed by atoms with Gasteiger partial charge in [-0.15, -0.1) is 0 Å². The van der Waals surface area contributed by atoms with Gasteiger partial charge in [-0.25, -0.2) is 0 Å². The highest BCUT2D eigenvalue weighted by atomic mass is 16.5. The van der Waals surface area contributed by atoms with Crippen molar-refractivity contribution in [2.75, 3.05) is 20.2 Å². The summed E-state index contributed by atoms with van der Waals surface area (Å²) in [5.74, 6) is 1.34. The Hall–Kier alpha value is -1.72. The van der Waals surface area contributed by atoms with Gasteiger partial charge in [0.25, 0.3) is 0 Å². The first kappa shape index (κ1) is 16.1. The number of rotatable bonds is 7. The van der Waals surface area contributed by atoms with Crippen LogP contribution in [-0.2, 0) is 11.3 Å². The summed E-state index contributed by atoms with van der Waals surface area (Å²) in [7, 11) is 2.09. The van der Waals surface area contributed by atoms with Crippen LogP contribution in [0, 0.1) is 6.92 Å². The lowest BCUT2D eigenvalue weighted by molar-refractivity contribution is 0.0991. The van der Waals surface area contributed by atoms with Crippen LogP contribution in [0.25, 0.3) is 11.4 Å². The minimum absolute atomic E-state index is 0.472. The minimum atomic E-state index is 0.472. The Morgan fingerprint density at radius 3 is 2.96 bits per heavy atom. The molecule has 1 aromatic heterocycles. The molecule has 5 nitrogen and oxygen atoms in total. The van der Waals surface area contributed by atoms with Crippen LogP contribution < -0.4 is 0 Å². The number of aryl methyl sites for hydroxylation is 1. The monoisotopic (exact) mass is 315 g/mol. The molecule has 23 heavy (non-hydrogen) atoms. The maximum Gasteiger partial charge on any atom is 0.241 e. The average Bonchev–Trinajstić information content (AvgIpc) is 3.20. The zero-order chi connectivity index (χ0) is 16.1. The van der Waals surface area contributed by atoms with Crippen LogP contribution in [0.3, 0.4) is 0 Å². The first-order chi connectivity index (χ1) is 11.2. The van der Waals surface area contributed by atoms with Crippen molar-refractivity contribution in [3.05, 3.63) is 35.7 Å². The molecule has 1 aliphatic rings. The predicted molar refractivity (Wildman–Crippen MR) is 89.0 cm³/mol. The zero-order valence-electron chi connectivity index (χ0n) is 14.0. The van der Waals surface area contributed by atoms with Gasteiger partial charge in [0.2, 0.25) is 11.7 Å². The van der Waals surface area contributed by atoms with Crippen LogP contribution in [0.5, 0.6) is 0 Å². The lowest BCUT2D eigenvalue weighted by Gasteiger charge is -2.15. The van der Waals surface area contributed by atoms with E-state index in [9.17, 15) is 0 Å². The first-order valence-electron chi connectivity index (χ1n) is 8.41. The van der Waals surface area contributed by atoms with E-state index in [1.807, 2.05) is 18.2 Å². The Labute approximate surface area is 137 Å². The summed E-state index contributed by atoms with van der Waals surface area (Å²) in [6, 6.07) is 8.09. The highest BCUT2D eigenvalue weighted by molar-refractivity contribution is 5.58. The van der Waals surface area contributed by atoms with Crippen LogP contribution in [0.2, 0.25) is 0 Å². The summed E-state index contributed by atoms with van der Waals surface area (Å²) in [6.07, 6.45) is 5.18. The SMILES string of the molecule is Cc1ccccc1-c1noc(CN(C)CCC[C@@H]2CCCO2)n1. The summed E-state index contributed by atoms with van der Waals surface area (Å²) in [4.78, 5) is 6.75. The number of aromatic nitrogens is 2. The minimum Gasteiger partial charge on any atom is -0.378 e. The second-order valence-corrected chi connectivity index (χ2v) is 6.34. The average molecular weight is 315 g/mol. The van der Waals surface area contributed by atoms with Crippen molar-refractivity contribution in [1.82, 2.24) is 15.0 Å². The lowest BCUT2D eigenvalue weighted by Crippen LogP contribution is -2.20. The van der Waals surface area contributed by atoms with Gasteiger partial charge in [0.05, 0.1) is 12.6 Å². The Bertz CT molecular complexity index is 620. The maximum atomic E-state index is 5.66. The van der Waals surface area contributed by atoms with Crippen molar-refractivity contribution in [1.29, 1.82) is 0 Å². The molecule has 0 saturated carbocycles. The van der Waals surface area contributed by atoms with Crippen LogP contribution in [0.1, 0.15) is 37.1 Å². The fourth-order valence-electron chi connectivity index (χ4n) is 3.02. The van der Waals surface area contributed by atoms with Gasteiger partial charge in [-0.2, -0.15) is 4.98 Å². The summed E-state index contributed by atoms with van der Waals surface area (Å²) >= 11 is 0. The molecule has 0 aliphatic carbocycles. The van der Waals surface area contributed by atoms with E-state index in [1.54, 1.807) is 0 Å². The largest absolute Gasteiger partial charge is 0.378 e. The molecule has 3 rings (SSSR count). The molecule has 2 heterocycles. The second kappa shape index (κ2) is 7.70. The molecular formula is C18H25N3O2. The van der Waals surface area contributed by atoms with Gasteiger partial charge in [0.15, 0.2) is 0 Å². The standard InChI is InChI=1S/C18H25N3O2/c1-14-7-3-4-10-16(14)18-19-17(23-20-18)13-21(2)11-5-8-15-9-6-12-22-15/h3-4,7,10,15H,5-6,8-9,11-13H2,1-2H3/t15-/m1/s1. The van der Waals surface area contributed by atoms with E-state index >= 15 is 0 Å². The molecule has 0 unspecified atom stereocenters. The highest BCUT2D eigenvalue weighted by Crippen LogP contribution is 2.20. The van der Waals surface area contributed by atoms with Crippen molar-refractivity contribution in [3.63, 3.8) is 0 Å². The van der Waals surface area contributed by atoms with E-state index in [2.05, 4.69) is 35.1 Å². The predicted octanol–water partition coefficient (Wildman–Crippen LogP) is 3.44.